The highest BCUT2D eigenvalue weighted by Gasteiger charge is 2.45. The van der Waals surface area contributed by atoms with Crippen LogP contribution in [0.4, 0.5) is 13.2 Å². The van der Waals surface area contributed by atoms with Crippen LogP contribution >= 0.6 is 0 Å². The van der Waals surface area contributed by atoms with Gasteiger partial charge in [0.2, 0.25) is 0 Å². The molecule has 2 fully saturated rings. The van der Waals surface area contributed by atoms with E-state index >= 15 is 0 Å². The summed E-state index contributed by atoms with van der Waals surface area (Å²) in [4.78, 5) is 15.8. The summed E-state index contributed by atoms with van der Waals surface area (Å²) in [5.74, 6) is -0.386. The molecule has 0 amide bonds. The van der Waals surface area contributed by atoms with Gasteiger partial charge in [-0.2, -0.15) is 18.4 Å². The number of allylic oxidation sites excluding steroid dienone is 3. The van der Waals surface area contributed by atoms with Crippen molar-refractivity contribution in [2.75, 3.05) is 33.4 Å². The summed E-state index contributed by atoms with van der Waals surface area (Å²) in [7, 11) is 1.83. The van der Waals surface area contributed by atoms with Crippen molar-refractivity contribution < 1.29 is 22.5 Å². The minimum Gasteiger partial charge on any atom is -0.381 e. The zero-order chi connectivity index (χ0) is 28.9. The molecule has 214 valence electrons. The molecule has 0 bridgehead atoms. The Bertz CT molecular complexity index is 1570. The number of azo groups is 1. The number of nitrogens with zero attached hydrogens (tertiary/aromatic N) is 7. The lowest BCUT2D eigenvalue weighted by Crippen LogP contribution is -2.40. The number of ether oxygens (including phenoxy) is 1. The van der Waals surface area contributed by atoms with Crippen LogP contribution in [0.15, 0.2) is 51.2 Å². The van der Waals surface area contributed by atoms with E-state index in [2.05, 4.69) is 28.1 Å². The molecule has 2 saturated heterocycles. The third kappa shape index (κ3) is 5.28. The summed E-state index contributed by atoms with van der Waals surface area (Å²) in [6, 6.07) is 3.37. The molecule has 5 heterocycles. The second-order valence-electron chi connectivity index (χ2n) is 11.4. The van der Waals surface area contributed by atoms with Crippen molar-refractivity contribution in [1.82, 2.24) is 13.9 Å². The lowest BCUT2D eigenvalue weighted by Gasteiger charge is -2.36. The van der Waals surface area contributed by atoms with Crippen molar-refractivity contribution in [2.45, 2.75) is 32.5 Å². The highest BCUT2D eigenvalue weighted by molar-refractivity contribution is 5.68. The molecular formula is C29H31F3N7O2+. The number of piperidine rings is 1. The molecule has 1 aliphatic carbocycles. The maximum Gasteiger partial charge on any atom is 0.418 e. The van der Waals surface area contributed by atoms with Crippen molar-refractivity contribution in [3.8, 4) is 6.07 Å². The molecule has 2 aromatic rings. The van der Waals surface area contributed by atoms with E-state index < -0.39 is 23.3 Å². The third-order valence-electron chi connectivity index (χ3n) is 8.26. The quantitative estimate of drug-likeness (QED) is 0.486. The summed E-state index contributed by atoms with van der Waals surface area (Å²) >= 11 is 0. The lowest BCUT2D eigenvalue weighted by atomic mass is 9.77. The molecule has 3 aliphatic heterocycles. The number of aromatic nitrogens is 2. The fraction of sp³-hybridized carbons (Fsp3) is 0.483. The van der Waals surface area contributed by atoms with Gasteiger partial charge >= 0.3 is 24.4 Å². The standard InChI is InChI=1S/C29H31F3N7O2/c1-18-4-3-5-37(11-18)12-20-8-24(29(30,31)32)25-14-38(28(40)39(25)13-20)23-7-19(10-33)6-21(9-23)26(22-15-41-16-22)27-35-34-17-36(27)2/h6-9,13-14,17-19,22,26H,3-5,11-12,15-16H2,1-2H3/q+1/t18-,19?,26-/m0/s1. The molecule has 2 aromatic heterocycles. The Morgan fingerprint density at radius 2 is 2.07 bits per heavy atom. The van der Waals surface area contributed by atoms with E-state index in [1.54, 1.807) is 29.5 Å². The molecule has 41 heavy (non-hydrogen) atoms. The molecule has 3 atom stereocenters. The van der Waals surface area contributed by atoms with Crippen molar-refractivity contribution in [3.63, 3.8) is 0 Å². The van der Waals surface area contributed by atoms with Gasteiger partial charge in [-0.25, -0.2) is 9.37 Å². The molecule has 0 N–H and O–H groups in total. The number of pyridine rings is 1. The zero-order valence-electron chi connectivity index (χ0n) is 22.9. The molecular weight excluding hydrogens is 535 g/mol. The van der Waals surface area contributed by atoms with Crippen LogP contribution in [-0.4, -0.2) is 58.1 Å². The number of hydrogen-bond acceptors (Lipinski definition) is 6. The Kier molecular flexibility index (Phi) is 7.20. The summed E-state index contributed by atoms with van der Waals surface area (Å²) in [5.41, 5.74) is -0.186. The predicted molar refractivity (Wildman–Crippen MR) is 144 cm³/mol. The second-order valence-corrected chi connectivity index (χ2v) is 11.4. The predicted octanol–water partition coefficient (Wildman–Crippen LogP) is 4.37. The molecule has 6 rings (SSSR count). The van der Waals surface area contributed by atoms with E-state index in [1.807, 2.05) is 7.05 Å². The van der Waals surface area contributed by atoms with Crippen molar-refractivity contribution in [3.05, 3.63) is 70.4 Å². The molecule has 9 nitrogen and oxygen atoms in total. The number of alkyl halides is 3. The first-order chi connectivity index (χ1) is 19.6. The minimum atomic E-state index is -4.65. The van der Waals surface area contributed by atoms with Gasteiger partial charge < -0.3 is 4.74 Å². The molecule has 0 spiro atoms. The van der Waals surface area contributed by atoms with E-state index in [0.29, 0.717) is 43.1 Å². The van der Waals surface area contributed by atoms with Gasteiger partial charge in [-0.15, -0.1) is 0 Å². The van der Waals surface area contributed by atoms with Gasteiger partial charge in [0.25, 0.3) is 0 Å². The molecule has 2 radical (unpaired) electrons. The Hall–Kier alpha value is -3.56. The number of nitriles is 1. The topological polar surface area (TPSA) is 90.4 Å². The zero-order valence-corrected chi connectivity index (χ0v) is 22.9. The summed E-state index contributed by atoms with van der Waals surface area (Å²) < 4.78 is 52.4. The van der Waals surface area contributed by atoms with E-state index in [4.69, 9.17) is 4.74 Å². The van der Waals surface area contributed by atoms with Gasteiger partial charge in [0, 0.05) is 43.5 Å². The Labute approximate surface area is 235 Å². The Balaban J connectivity index is 1.39. The number of imidazole rings is 1. The number of likely N-dealkylation sites (tertiary alicyclic amines) is 1. The molecule has 12 heteroatoms. The van der Waals surface area contributed by atoms with Gasteiger partial charge in [0.1, 0.15) is 0 Å². The monoisotopic (exact) mass is 566 g/mol. The fourth-order valence-electron chi connectivity index (χ4n) is 6.21. The molecule has 0 saturated carbocycles. The first-order valence-corrected chi connectivity index (χ1v) is 13.8. The van der Waals surface area contributed by atoms with E-state index in [-0.39, 0.29) is 17.4 Å². The minimum absolute atomic E-state index is 0.0841. The maximum atomic E-state index is 14.3. The van der Waals surface area contributed by atoms with Crippen LogP contribution in [0.1, 0.15) is 30.9 Å². The maximum absolute atomic E-state index is 14.3. The average molecular weight is 567 g/mol. The van der Waals surface area contributed by atoms with Gasteiger partial charge in [-0.1, -0.05) is 18.6 Å². The molecule has 1 unspecified atom stereocenters. The summed E-state index contributed by atoms with van der Waals surface area (Å²) in [6.45, 7) is 5.10. The summed E-state index contributed by atoms with van der Waals surface area (Å²) in [6.07, 6.45) is 7.62. The van der Waals surface area contributed by atoms with Crippen LogP contribution in [0, 0.1) is 47.6 Å². The largest absolute Gasteiger partial charge is 0.418 e. The number of halogens is 3. The van der Waals surface area contributed by atoms with Gasteiger partial charge in [0.15, 0.2) is 0 Å². The van der Waals surface area contributed by atoms with Crippen LogP contribution < -0.4 is 5.69 Å². The first-order valence-electron chi connectivity index (χ1n) is 13.8. The van der Waals surface area contributed by atoms with Gasteiger partial charge in [-0.05, 0) is 48.1 Å². The SMILES string of the molecule is C[C@H]1CCCN(Cc2cc(C(F)(F)F)c3cn(C4=CC(C#N)C=C([C@H]([C]5N=NC=[N+]5C)C5COC5)[CH]4)c(=O)n3c2)C1. The van der Waals surface area contributed by atoms with Gasteiger partial charge in [-0.3, -0.25) is 13.9 Å². The van der Waals surface area contributed by atoms with Crippen molar-refractivity contribution >= 4 is 17.6 Å². The second kappa shape index (κ2) is 10.7. The average Bonchev–Trinajstić information content (AvgIpc) is 3.47. The van der Waals surface area contributed by atoms with Crippen LogP contribution in [0.2, 0.25) is 0 Å². The van der Waals surface area contributed by atoms with Crippen LogP contribution in [0.3, 0.4) is 0 Å². The van der Waals surface area contributed by atoms with Crippen LogP contribution in [0.5, 0.6) is 0 Å². The lowest BCUT2D eigenvalue weighted by molar-refractivity contribution is -0.484. The first kappa shape index (κ1) is 27.6. The number of hydrogen-bond donors (Lipinski definition) is 0. The van der Waals surface area contributed by atoms with E-state index in [9.17, 15) is 23.2 Å². The van der Waals surface area contributed by atoms with E-state index in [1.165, 1.54) is 17.0 Å². The van der Waals surface area contributed by atoms with Crippen LogP contribution in [0.25, 0.3) is 11.2 Å². The van der Waals surface area contributed by atoms with Crippen molar-refractivity contribution in [1.29, 1.82) is 5.26 Å². The third-order valence-corrected chi connectivity index (χ3v) is 8.26. The Morgan fingerprint density at radius 3 is 2.71 bits per heavy atom. The van der Waals surface area contributed by atoms with Crippen LogP contribution in [-0.2, 0) is 17.5 Å². The Morgan fingerprint density at radius 1 is 1.27 bits per heavy atom. The highest BCUT2D eigenvalue weighted by Crippen LogP contribution is 2.42. The summed E-state index contributed by atoms with van der Waals surface area (Å²) in [5, 5.41) is 18.2. The highest BCUT2D eigenvalue weighted by atomic mass is 19.4. The fourth-order valence-corrected chi connectivity index (χ4v) is 6.21. The number of rotatable bonds is 6. The molecule has 4 aliphatic rings. The molecule has 0 aromatic carbocycles. The smallest absolute Gasteiger partial charge is 0.381 e. The normalized spacial score (nSPS) is 25.0. The van der Waals surface area contributed by atoms with Gasteiger partial charge in [0.05, 0.1) is 54.4 Å². The number of fused-ring (bicyclic) bond motifs is 1. The van der Waals surface area contributed by atoms with Crippen molar-refractivity contribution in [2.24, 2.45) is 33.9 Å². The van der Waals surface area contributed by atoms with E-state index in [0.717, 1.165) is 42.0 Å².